The van der Waals surface area contributed by atoms with E-state index in [1.807, 2.05) is 0 Å². The molecule has 22 heavy (non-hydrogen) atoms. The molecule has 1 saturated heterocycles. The molecular formula is C16H18FN3OS. The molecule has 1 aromatic carbocycles. The highest BCUT2D eigenvalue weighted by Gasteiger charge is 2.17. The first-order valence-corrected chi connectivity index (χ1v) is 8.30. The predicted molar refractivity (Wildman–Crippen MR) is 84.7 cm³/mol. The lowest BCUT2D eigenvalue weighted by atomic mass is 10.1. The fourth-order valence-electron chi connectivity index (χ4n) is 2.54. The van der Waals surface area contributed by atoms with E-state index in [1.54, 1.807) is 23.6 Å². The Kier molecular flexibility index (Phi) is 4.80. The highest BCUT2D eigenvalue weighted by Crippen LogP contribution is 2.17. The molecule has 0 spiro atoms. The third-order valence-electron chi connectivity index (χ3n) is 3.76. The Labute approximate surface area is 132 Å². The van der Waals surface area contributed by atoms with Gasteiger partial charge in [-0.05, 0) is 31.0 Å². The average Bonchev–Trinajstić information content (AvgIpc) is 3.19. The van der Waals surface area contributed by atoms with Gasteiger partial charge in [-0.25, -0.2) is 9.37 Å². The summed E-state index contributed by atoms with van der Waals surface area (Å²) in [5.41, 5.74) is 1.01. The molecule has 2 aromatic rings. The molecule has 6 heteroatoms. The van der Waals surface area contributed by atoms with Crippen LogP contribution in [0.5, 0.6) is 0 Å². The van der Waals surface area contributed by atoms with Gasteiger partial charge in [0.2, 0.25) is 0 Å². The van der Waals surface area contributed by atoms with Gasteiger partial charge >= 0.3 is 0 Å². The zero-order valence-corrected chi connectivity index (χ0v) is 13.0. The zero-order valence-electron chi connectivity index (χ0n) is 12.1. The third-order valence-corrected chi connectivity index (χ3v) is 4.60. The molecule has 1 aromatic heterocycles. The molecule has 0 bridgehead atoms. The molecule has 0 radical (unpaired) electrons. The van der Waals surface area contributed by atoms with Gasteiger partial charge < -0.3 is 10.6 Å². The van der Waals surface area contributed by atoms with Crippen molar-refractivity contribution in [1.29, 1.82) is 0 Å². The lowest BCUT2D eigenvalue weighted by molar-refractivity contribution is 0.0946. The van der Waals surface area contributed by atoms with E-state index in [2.05, 4.69) is 15.6 Å². The van der Waals surface area contributed by atoms with Gasteiger partial charge in [0.05, 0.1) is 5.01 Å². The normalized spacial score (nSPS) is 17.6. The molecule has 2 N–H and O–H groups in total. The predicted octanol–water partition coefficient (Wildman–Crippen LogP) is 2.35. The van der Waals surface area contributed by atoms with Gasteiger partial charge in [-0.1, -0.05) is 18.2 Å². The van der Waals surface area contributed by atoms with Gasteiger partial charge in [0.15, 0.2) is 0 Å². The van der Waals surface area contributed by atoms with E-state index >= 15 is 0 Å². The number of benzene rings is 1. The van der Waals surface area contributed by atoms with E-state index in [4.69, 9.17) is 0 Å². The second kappa shape index (κ2) is 6.98. The maximum Gasteiger partial charge on any atom is 0.270 e. The molecule has 3 rings (SSSR count). The highest BCUT2D eigenvalue weighted by atomic mass is 32.1. The van der Waals surface area contributed by atoms with Crippen molar-refractivity contribution < 1.29 is 9.18 Å². The summed E-state index contributed by atoms with van der Waals surface area (Å²) in [4.78, 5) is 16.4. The lowest BCUT2D eigenvalue weighted by Crippen LogP contribution is -2.37. The Balaban J connectivity index is 1.58. The Morgan fingerprint density at radius 3 is 3.09 bits per heavy atom. The van der Waals surface area contributed by atoms with Crippen molar-refractivity contribution in [2.45, 2.75) is 25.3 Å². The maximum atomic E-state index is 13.6. The van der Waals surface area contributed by atoms with Crippen molar-refractivity contribution in [2.75, 3.05) is 13.1 Å². The van der Waals surface area contributed by atoms with Gasteiger partial charge in [-0.3, -0.25) is 4.79 Å². The summed E-state index contributed by atoms with van der Waals surface area (Å²) < 4.78 is 13.6. The van der Waals surface area contributed by atoms with E-state index in [-0.39, 0.29) is 11.7 Å². The number of thiazole rings is 1. The molecule has 1 amide bonds. The summed E-state index contributed by atoms with van der Waals surface area (Å²) in [7, 11) is 0. The van der Waals surface area contributed by atoms with E-state index in [1.165, 1.54) is 17.4 Å². The topological polar surface area (TPSA) is 54.0 Å². The first-order valence-electron chi connectivity index (χ1n) is 7.42. The second-order valence-electron chi connectivity index (χ2n) is 5.40. The zero-order chi connectivity index (χ0) is 15.4. The van der Waals surface area contributed by atoms with Gasteiger partial charge in [0, 0.05) is 24.4 Å². The molecule has 1 fully saturated rings. The number of carbonyl (C=O) groups is 1. The van der Waals surface area contributed by atoms with E-state index < -0.39 is 0 Å². The van der Waals surface area contributed by atoms with E-state index in [0.29, 0.717) is 30.3 Å². The van der Waals surface area contributed by atoms with Crippen molar-refractivity contribution >= 4 is 17.2 Å². The van der Waals surface area contributed by atoms with Crippen LogP contribution >= 0.6 is 11.3 Å². The highest BCUT2D eigenvalue weighted by molar-refractivity contribution is 7.09. The van der Waals surface area contributed by atoms with Crippen molar-refractivity contribution in [3.05, 3.63) is 51.7 Å². The standard InChI is InChI=1S/C16H18FN3OS/c17-13-6-2-1-4-11(13)8-15-20-14(10-22-15)16(21)19-9-12-5-3-7-18-12/h1-2,4,6,10,12,18H,3,5,7-9H2,(H,19,21). The largest absolute Gasteiger partial charge is 0.349 e. The van der Waals surface area contributed by atoms with Gasteiger partial charge in [-0.2, -0.15) is 0 Å². The van der Waals surface area contributed by atoms with Crippen LogP contribution in [0.3, 0.4) is 0 Å². The molecule has 4 nitrogen and oxygen atoms in total. The number of amides is 1. The molecule has 1 atom stereocenters. The van der Waals surface area contributed by atoms with Gasteiger partial charge in [0.1, 0.15) is 11.5 Å². The smallest absolute Gasteiger partial charge is 0.270 e. The minimum Gasteiger partial charge on any atom is -0.349 e. The van der Waals surface area contributed by atoms with E-state index in [0.717, 1.165) is 24.4 Å². The van der Waals surface area contributed by atoms with Crippen molar-refractivity contribution in [2.24, 2.45) is 0 Å². The molecule has 1 aliphatic heterocycles. The summed E-state index contributed by atoms with van der Waals surface area (Å²) in [5, 5.41) is 8.71. The first-order chi connectivity index (χ1) is 10.7. The summed E-state index contributed by atoms with van der Waals surface area (Å²) in [6.45, 7) is 1.64. The number of hydrogen-bond donors (Lipinski definition) is 2. The monoisotopic (exact) mass is 319 g/mol. The Morgan fingerprint density at radius 1 is 1.45 bits per heavy atom. The van der Waals surface area contributed by atoms with Crippen molar-refractivity contribution in [3.63, 3.8) is 0 Å². The quantitative estimate of drug-likeness (QED) is 0.889. The van der Waals surface area contributed by atoms with Crippen LogP contribution in [0.2, 0.25) is 0 Å². The molecular weight excluding hydrogens is 301 g/mol. The Hall–Kier alpha value is -1.79. The van der Waals surface area contributed by atoms with Crippen molar-refractivity contribution in [1.82, 2.24) is 15.6 Å². The van der Waals surface area contributed by atoms with Crippen LogP contribution in [0.25, 0.3) is 0 Å². The molecule has 0 aliphatic carbocycles. The number of halogens is 1. The molecule has 1 unspecified atom stereocenters. The van der Waals surface area contributed by atoms with Crippen LogP contribution in [0.1, 0.15) is 33.9 Å². The van der Waals surface area contributed by atoms with Crippen LogP contribution in [0.15, 0.2) is 29.6 Å². The minimum atomic E-state index is -0.240. The number of rotatable bonds is 5. The molecule has 0 saturated carbocycles. The SMILES string of the molecule is O=C(NCC1CCCN1)c1csc(Cc2ccccc2F)n1. The van der Waals surface area contributed by atoms with E-state index in [9.17, 15) is 9.18 Å². The Bertz CT molecular complexity index is 652. The first kappa shape index (κ1) is 15.1. The summed E-state index contributed by atoms with van der Waals surface area (Å²) in [6.07, 6.45) is 2.66. The number of carbonyl (C=O) groups excluding carboxylic acids is 1. The van der Waals surface area contributed by atoms with Crippen LogP contribution in [0, 0.1) is 5.82 Å². The Morgan fingerprint density at radius 2 is 2.32 bits per heavy atom. The van der Waals surface area contributed by atoms with Crippen LogP contribution in [-0.2, 0) is 6.42 Å². The number of aromatic nitrogens is 1. The fourth-order valence-corrected chi connectivity index (χ4v) is 3.34. The summed E-state index contributed by atoms with van der Waals surface area (Å²) >= 11 is 1.39. The van der Waals surface area contributed by atoms with Gasteiger partial charge in [0.25, 0.3) is 5.91 Å². The van der Waals surface area contributed by atoms with Crippen LogP contribution in [0.4, 0.5) is 4.39 Å². The van der Waals surface area contributed by atoms with Gasteiger partial charge in [-0.15, -0.1) is 11.3 Å². The summed E-state index contributed by atoms with van der Waals surface area (Å²) in [5.74, 6) is -0.402. The fraction of sp³-hybridized carbons (Fsp3) is 0.375. The maximum absolute atomic E-state index is 13.6. The molecule has 116 valence electrons. The molecule has 2 heterocycles. The number of nitrogens with zero attached hydrogens (tertiary/aromatic N) is 1. The van der Waals surface area contributed by atoms with Crippen LogP contribution in [-0.4, -0.2) is 30.0 Å². The van der Waals surface area contributed by atoms with Crippen LogP contribution < -0.4 is 10.6 Å². The molecule has 1 aliphatic rings. The number of hydrogen-bond acceptors (Lipinski definition) is 4. The minimum absolute atomic E-state index is 0.162. The number of nitrogens with one attached hydrogen (secondary N) is 2. The second-order valence-corrected chi connectivity index (χ2v) is 6.34. The van der Waals surface area contributed by atoms with Crippen molar-refractivity contribution in [3.8, 4) is 0 Å². The summed E-state index contributed by atoms with van der Waals surface area (Å²) in [6, 6.07) is 7.00. The third kappa shape index (κ3) is 3.69. The lowest BCUT2D eigenvalue weighted by Gasteiger charge is -2.10. The average molecular weight is 319 g/mol.